The first-order valence-corrected chi connectivity index (χ1v) is 8.91. The summed E-state index contributed by atoms with van der Waals surface area (Å²) in [6, 6.07) is 4.23. The molecule has 0 spiro atoms. The summed E-state index contributed by atoms with van der Waals surface area (Å²) in [5.74, 6) is -0.232. The van der Waals surface area contributed by atoms with Gasteiger partial charge in [-0.2, -0.15) is 4.98 Å². The van der Waals surface area contributed by atoms with Gasteiger partial charge in [-0.15, -0.1) is 0 Å². The zero-order valence-electron chi connectivity index (χ0n) is 10.8. The molecule has 0 bridgehead atoms. The van der Waals surface area contributed by atoms with Crippen LogP contribution in [0.25, 0.3) is 0 Å². The molecule has 0 radical (unpaired) electrons. The molecule has 0 atom stereocenters. The molecule has 0 aliphatic rings. The van der Waals surface area contributed by atoms with Gasteiger partial charge in [0.05, 0.1) is 17.2 Å². The van der Waals surface area contributed by atoms with Crippen molar-refractivity contribution in [1.82, 2.24) is 9.97 Å². The van der Waals surface area contributed by atoms with Crippen LogP contribution in [0.2, 0.25) is 15.2 Å². The van der Waals surface area contributed by atoms with Crippen molar-refractivity contribution >= 4 is 66.6 Å². The Kier molecular flexibility index (Phi) is 5.39. The monoisotopic (exact) mass is 445 g/mol. The highest BCUT2D eigenvalue weighted by Gasteiger charge is 2.23. The van der Waals surface area contributed by atoms with Crippen LogP contribution in [0.5, 0.6) is 5.88 Å². The van der Waals surface area contributed by atoms with Gasteiger partial charge in [0.2, 0.25) is 5.82 Å². The van der Waals surface area contributed by atoms with Crippen LogP contribution in [0.15, 0.2) is 27.7 Å². The van der Waals surface area contributed by atoms with Gasteiger partial charge < -0.3 is 4.74 Å². The number of hydrogen-bond acceptors (Lipinski definition) is 5. The summed E-state index contributed by atoms with van der Waals surface area (Å²) in [6.45, 7) is 0. The first kappa shape index (κ1) is 17.6. The molecule has 1 N–H and O–H groups in total. The molecule has 0 saturated carbocycles. The van der Waals surface area contributed by atoms with Gasteiger partial charge in [0.1, 0.15) is 9.50 Å². The summed E-state index contributed by atoms with van der Waals surface area (Å²) in [5.41, 5.74) is 0. The number of sulfonamides is 1. The van der Waals surface area contributed by atoms with E-state index in [1.54, 1.807) is 0 Å². The van der Waals surface area contributed by atoms with Crippen LogP contribution in [-0.4, -0.2) is 25.5 Å². The molecule has 22 heavy (non-hydrogen) atoms. The summed E-state index contributed by atoms with van der Waals surface area (Å²) >= 11 is 20.6. The van der Waals surface area contributed by atoms with Crippen LogP contribution in [0.3, 0.4) is 0 Å². The van der Waals surface area contributed by atoms with E-state index in [2.05, 4.69) is 30.6 Å². The van der Waals surface area contributed by atoms with Gasteiger partial charge in [0, 0.05) is 0 Å². The fourth-order valence-electron chi connectivity index (χ4n) is 1.46. The van der Waals surface area contributed by atoms with Crippen molar-refractivity contribution in [1.29, 1.82) is 0 Å². The summed E-state index contributed by atoms with van der Waals surface area (Å²) in [5, 5.41) is -0.0288. The largest absolute Gasteiger partial charge is 0.478 e. The van der Waals surface area contributed by atoms with Crippen molar-refractivity contribution in [2.24, 2.45) is 0 Å². The summed E-state index contributed by atoms with van der Waals surface area (Å²) < 4.78 is 32.2. The third-order valence-corrected chi connectivity index (χ3v) is 5.77. The topological polar surface area (TPSA) is 81.2 Å². The highest BCUT2D eigenvalue weighted by molar-refractivity contribution is 9.10. The zero-order valence-corrected chi connectivity index (χ0v) is 15.4. The average molecular weight is 448 g/mol. The SMILES string of the molecule is COc1nc(Br)c(Cl)nc1NS(=O)(=O)c1cccc(Cl)c1Cl. The molecule has 0 amide bonds. The second-order valence-electron chi connectivity index (χ2n) is 3.82. The molecule has 0 fully saturated rings. The standard InChI is InChI=1S/C11H7BrCl3N3O3S/c1-21-11-10(17-9(15)8(12)16-11)18-22(19,20)6-4-2-3-5(13)7(6)14/h2-4H,1H3,(H,17,18). The molecule has 1 heterocycles. The van der Waals surface area contributed by atoms with Crippen molar-refractivity contribution in [3.63, 3.8) is 0 Å². The maximum atomic E-state index is 12.4. The van der Waals surface area contributed by atoms with Crippen LogP contribution in [0, 0.1) is 0 Å². The fourth-order valence-corrected chi connectivity index (χ4v) is 3.60. The number of halogens is 4. The minimum atomic E-state index is -4.05. The van der Waals surface area contributed by atoms with E-state index < -0.39 is 10.0 Å². The molecule has 0 aliphatic heterocycles. The molecule has 0 unspecified atom stereocenters. The zero-order chi connectivity index (χ0) is 16.5. The highest BCUT2D eigenvalue weighted by atomic mass is 79.9. The smallest absolute Gasteiger partial charge is 0.264 e. The number of ether oxygens (including phenoxy) is 1. The molecular formula is C11H7BrCl3N3O3S. The first-order valence-electron chi connectivity index (χ1n) is 5.50. The molecule has 11 heteroatoms. The second kappa shape index (κ2) is 6.76. The van der Waals surface area contributed by atoms with E-state index in [-0.39, 0.29) is 36.4 Å². The van der Waals surface area contributed by atoms with Crippen LogP contribution in [0.4, 0.5) is 5.82 Å². The number of nitrogens with zero attached hydrogens (tertiary/aromatic N) is 2. The number of nitrogens with one attached hydrogen (secondary N) is 1. The van der Waals surface area contributed by atoms with Crippen LogP contribution in [-0.2, 0) is 10.0 Å². The lowest BCUT2D eigenvalue weighted by molar-refractivity contribution is 0.397. The number of anilines is 1. The summed E-state index contributed by atoms with van der Waals surface area (Å²) in [4.78, 5) is 7.59. The van der Waals surface area contributed by atoms with E-state index in [1.807, 2.05) is 0 Å². The molecule has 0 aliphatic carbocycles. The minimum absolute atomic E-state index is 0.0318. The van der Waals surface area contributed by atoms with Crippen molar-refractivity contribution in [2.75, 3.05) is 11.8 Å². The third-order valence-electron chi connectivity index (χ3n) is 2.41. The van der Waals surface area contributed by atoms with Crippen molar-refractivity contribution < 1.29 is 13.2 Å². The van der Waals surface area contributed by atoms with Gasteiger partial charge in [-0.1, -0.05) is 40.9 Å². The Bertz CT molecular complexity index is 833. The van der Waals surface area contributed by atoms with Gasteiger partial charge in [0.15, 0.2) is 5.15 Å². The normalized spacial score (nSPS) is 11.3. The maximum absolute atomic E-state index is 12.4. The molecule has 0 saturated heterocycles. The lowest BCUT2D eigenvalue weighted by Gasteiger charge is -2.12. The van der Waals surface area contributed by atoms with E-state index in [4.69, 9.17) is 39.5 Å². The fraction of sp³-hybridized carbons (Fsp3) is 0.0909. The van der Waals surface area contributed by atoms with Gasteiger partial charge in [0.25, 0.3) is 15.9 Å². The third kappa shape index (κ3) is 3.57. The molecule has 1 aromatic heterocycles. The Labute approximate surface area is 149 Å². The molecule has 6 nitrogen and oxygen atoms in total. The Morgan fingerprint density at radius 1 is 1.23 bits per heavy atom. The number of benzene rings is 1. The number of hydrogen-bond donors (Lipinski definition) is 1. The van der Waals surface area contributed by atoms with Crippen LogP contribution < -0.4 is 9.46 Å². The van der Waals surface area contributed by atoms with Crippen molar-refractivity contribution in [3.05, 3.63) is 38.0 Å². The minimum Gasteiger partial charge on any atom is -0.478 e. The van der Waals surface area contributed by atoms with E-state index in [0.717, 1.165) is 0 Å². The maximum Gasteiger partial charge on any atom is 0.264 e. The van der Waals surface area contributed by atoms with Gasteiger partial charge in [-0.05, 0) is 28.1 Å². The lowest BCUT2D eigenvalue weighted by Crippen LogP contribution is -2.16. The van der Waals surface area contributed by atoms with E-state index >= 15 is 0 Å². The Balaban J connectivity index is 2.50. The van der Waals surface area contributed by atoms with E-state index in [1.165, 1.54) is 25.3 Å². The highest BCUT2D eigenvalue weighted by Crippen LogP contribution is 2.32. The molecule has 118 valence electrons. The average Bonchev–Trinajstić information content (AvgIpc) is 2.45. The van der Waals surface area contributed by atoms with Crippen molar-refractivity contribution in [3.8, 4) is 5.88 Å². The number of rotatable bonds is 4. The number of methoxy groups -OCH3 is 1. The Hall–Kier alpha value is -0.800. The second-order valence-corrected chi connectivity index (χ2v) is 7.37. The van der Waals surface area contributed by atoms with Crippen LogP contribution in [0.1, 0.15) is 0 Å². The van der Waals surface area contributed by atoms with E-state index in [0.29, 0.717) is 0 Å². The quantitative estimate of drug-likeness (QED) is 0.766. The first-order chi connectivity index (χ1) is 10.3. The molecule has 1 aromatic carbocycles. The molecular weight excluding hydrogens is 440 g/mol. The lowest BCUT2D eigenvalue weighted by atomic mass is 10.4. The summed E-state index contributed by atoms with van der Waals surface area (Å²) in [7, 11) is -2.74. The van der Waals surface area contributed by atoms with Crippen molar-refractivity contribution in [2.45, 2.75) is 4.90 Å². The van der Waals surface area contributed by atoms with E-state index in [9.17, 15) is 8.42 Å². The van der Waals surface area contributed by atoms with Gasteiger partial charge in [-0.25, -0.2) is 13.4 Å². The molecule has 2 rings (SSSR count). The Morgan fingerprint density at radius 2 is 1.91 bits per heavy atom. The predicted octanol–water partition coefficient (Wildman–Crippen LogP) is 4.01. The Morgan fingerprint density at radius 3 is 2.55 bits per heavy atom. The van der Waals surface area contributed by atoms with Crippen LogP contribution >= 0.6 is 50.7 Å². The molecule has 2 aromatic rings. The van der Waals surface area contributed by atoms with Gasteiger partial charge in [-0.3, -0.25) is 4.72 Å². The van der Waals surface area contributed by atoms with Gasteiger partial charge >= 0.3 is 0 Å². The summed E-state index contributed by atoms with van der Waals surface area (Å²) in [6.07, 6.45) is 0. The predicted molar refractivity (Wildman–Crippen MR) is 88.6 cm³/mol. The number of aromatic nitrogens is 2.